The van der Waals surface area contributed by atoms with Crippen molar-refractivity contribution in [3.63, 3.8) is 0 Å². The van der Waals surface area contributed by atoms with Gasteiger partial charge in [-0.15, -0.1) is 10.2 Å². The molecule has 0 radical (unpaired) electrons. The second-order valence-corrected chi connectivity index (χ2v) is 7.98. The number of aromatic hydroxyl groups is 1. The Morgan fingerprint density at radius 2 is 1.97 bits per heavy atom. The molecule has 3 N–H and O–H groups in total. The molecule has 1 aliphatic carbocycles. The number of alkyl halides is 3. The van der Waals surface area contributed by atoms with Crippen LogP contribution >= 0.6 is 0 Å². The second-order valence-electron chi connectivity index (χ2n) is 7.98. The molecule has 6 nitrogen and oxygen atoms in total. The number of phenolic OH excluding ortho intramolecular Hbond substituents is 1. The SMILES string of the molecule is C[C@@]1(O)CCC[C@H](Nc2nnc(-c3ccc(C(F)(F)F)cc3O)c3ccncc23)C1. The number of pyridine rings is 1. The smallest absolute Gasteiger partial charge is 0.416 e. The first-order chi connectivity index (χ1) is 14.1. The van der Waals surface area contributed by atoms with Gasteiger partial charge in [-0.2, -0.15) is 13.2 Å². The lowest BCUT2D eigenvalue weighted by molar-refractivity contribution is -0.137. The van der Waals surface area contributed by atoms with Gasteiger partial charge in [0.25, 0.3) is 0 Å². The number of aliphatic hydroxyl groups is 1. The molecule has 2 aromatic heterocycles. The predicted molar refractivity (Wildman–Crippen MR) is 106 cm³/mol. The molecule has 30 heavy (non-hydrogen) atoms. The summed E-state index contributed by atoms with van der Waals surface area (Å²) in [4.78, 5) is 4.13. The molecular weight excluding hydrogens is 397 g/mol. The van der Waals surface area contributed by atoms with Gasteiger partial charge in [0.15, 0.2) is 5.82 Å². The lowest BCUT2D eigenvalue weighted by Crippen LogP contribution is -2.38. The van der Waals surface area contributed by atoms with Gasteiger partial charge in [0.05, 0.1) is 11.2 Å². The molecule has 0 saturated heterocycles. The van der Waals surface area contributed by atoms with Crippen LogP contribution in [0.2, 0.25) is 0 Å². The van der Waals surface area contributed by atoms with Gasteiger partial charge in [-0.05, 0) is 56.9 Å². The molecule has 2 atom stereocenters. The first-order valence-corrected chi connectivity index (χ1v) is 9.64. The first kappa shape index (κ1) is 20.3. The summed E-state index contributed by atoms with van der Waals surface area (Å²) in [7, 11) is 0. The second kappa shape index (κ2) is 7.39. The van der Waals surface area contributed by atoms with Crippen LogP contribution in [0.1, 0.15) is 38.2 Å². The fourth-order valence-corrected chi connectivity index (χ4v) is 3.99. The van der Waals surface area contributed by atoms with Crippen molar-refractivity contribution < 1.29 is 23.4 Å². The standard InChI is InChI=1S/C21H21F3N4O2/c1-20(30)7-2-3-13(10-20)26-19-16-11-25-8-6-14(16)18(27-28-19)15-5-4-12(9-17(15)29)21(22,23)24/h4-6,8-9,11,13,29-30H,2-3,7,10H2,1H3,(H,26,28)/t13-,20+/m0/s1. The van der Waals surface area contributed by atoms with Crippen LogP contribution in [0.15, 0.2) is 36.7 Å². The number of nitrogens with one attached hydrogen (secondary N) is 1. The Morgan fingerprint density at radius 3 is 2.67 bits per heavy atom. The lowest BCUT2D eigenvalue weighted by atomic mass is 9.83. The highest BCUT2D eigenvalue weighted by atomic mass is 19.4. The van der Waals surface area contributed by atoms with Gasteiger partial charge >= 0.3 is 6.18 Å². The monoisotopic (exact) mass is 418 g/mol. The molecule has 0 aliphatic heterocycles. The van der Waals surface area contributed by atoms with E-state index in [0.717, 1.165) is 25.3 Å². The zero-order valence-corrected chi connectivity index (χ0v) is 16.2. The number of aromatic nitrogens is 3. The van der Waals surface area contributed by atoms with Crippen LogP contribution in [0, 0.1) is 0 Å². The van der Waals surface area contributed by atoms with Gasteiger partial charge in [-0.1, -0.05) is 0 Å². The number of anilines is 1. The van der Waals surface area contributed by atoms with E-state index in [0.29, 0.717) is 29.1 Å². The summed E-state index contributed by atoms with van der Waals surface area (Å²) in [6.45, 7) is 1.81. The summed E-state index contributed by atoms with van der Waals surface area (Å²) < 4.78 is 38.7. The maximum Gasteiger partial charge on any atom is 0.416 e. The van der Waals surface area contributed by atoms with E-state index in [1.165, 1.54) is 6.07 Å². The Kier molecular flexibility index (Phi) is 5.01. The van der Waals surface area contributed by atoms with Crippen LogP contribution in [0.3, 0.4) is 0 Å². The van der Waals surface area contributed by atoms with Crippen molar-refractivity contribution in [1.82, 2.24) is 15.2 Å². The Bertz CT molecular complexity index is 1090. The molecule has 3 aromatic rings. The van der Waals surface area contributed by atoms with Crippen LogP contribution in [-0.2, 0) is 6.18 Å². The number of fused-ring (bicyclic) bond motifs is 1. The molecule has 2 heterocycles. The van der Waals surface area contributed by atoms with Crippen molar-refractivity contribution in [1.29, 1.82) is 0 Å². The molecule has 0 bridgehead atoms. The minimum absolute atomic E-state index is 0.0109. The summed E-state index contributed by atoms with van der Waals surface area (Å²) >= 11 is 0. The molecule has 9 heteroatoms. The molecule has 1 saturated carbocycles. The van der Waals surface area contributed by atoms with Crippen molar-refractivity contribution >= 4 is 16.6 Å². The largest absolute Gasteiger partial charge is 0.507 e. The van der Waals surface area contributed by atoms with E-state index in [4.69, 9.17) is 0 Å². The van der Waals surface area contributed by atoms with Crippen LogP contribution < -0.4 is 5.32 Å². The molecule has 4 rings (SSSR count). The zero-order chi connectivity index (χ0) is 21.5. The third-order valence-corrected chi connectivity index (χ3v) is 5.46. The van der Waals surface area contributed by atoms with Crippen LogP contribution in [-0.4, -0.2) is 37.0 Å². The van der Waals surface area contributed by atoms with Crippen molar-refractivity contribution in [2.24, 2.45) is 0 Å². The van der Waals surface area contributed by atoms with Gasteiger partial charge in [0, 0.05) is 34.8 Å². The van der Waals surface area contributed by atoms with Crippen LogP contribution in [0.25, 0.3) is 22.0 Å². The number of halogens is 3. The number of hydrogen-bond donors (Lipinski definition) is 3. The normalized spacial score (nSPS) is 22.2. The van der Waals surface area contributed by atoms with Gasteiger partial charge in [-0.3, -0.25) is 4.98 Å². The number of benzene rings is 1. The highest BCUT2D eigenvalue weighted by Crippen LogP contribution is 2.39. The number of hydrogen-bond acceptors (Lipinski definition) is 6. The first-order valence-electron chi connectivity index (χ1n) is 9.64. The molecule has 1 aliphatic rings. The van der Waals surface area contributed by atoms with Gasteiger partial charge in [-0.25, -0.2) is 0 Å². The number of rotatable bonds is 3. The van der Waals surface area contributed by atoms with E-state index < -0.39 is 23.1 Å². The van der Waals surface area contributed by atoms with E-state index in [9.17, 15) is 23.4 Å². The highest BCUT2D eigenvalue weighted by Gasteiger charge is 2.32. The summed E-state index contributed by atoms with van der Waals surface area (Å²) in [5.41, 5.74) is -1.27. The molecule has 0 unspecified atom stereocenters. The Hall–Kier alpha value is -2.94. The molecule has 0 spiro atoms. The maximum atomic E-state index is 12.9. The minimum Gasteiger partial charge on any atom is -0.507 e. The van der Waals surface area contributed by atoms with E-state index in [-0.39, 0.29) is 17.3 Å². The van der Waals surface area contributed by atoms with Crippen molar-refractivity contribution in [3.05, 3.63) is 42.2 Å². The topological polar surface area (TPSA) is 91.2 Å². The summed E-state index contributed by atoms with van der Waals surface area (Å²) in [5, 5.41) is 33.5. The molecule has 0 amide bonds. The van der Waals surface area contributed by atoms with Crippen molar-refractivity contribution in [2.45, 2.75) is 50.4 Å². The summed E-state index contributed by atoms with van der Waals surface area (Å²) in [5.74, 6) is -0.0442. The van der Waals surface area contributed by atoms with E-state index >= 15 is 0 Å². The van der Waals surface area contributed by atoms with Gasteiger partial charge in [0.2, 0.25) is 0 Å². The number of nitrogens with zero attached hydrogens (tertiary/aromatic N) is 3. The van der Waals surface area contributed by atoms with Crippen LogP contribution in [0.4, 0.5) is 19.0 Å². The molecule has 1 aromatic carbocycles. The third-order valence-electron chi connectivity index (χ3n) is 5.46. The van der Waals surface area contributed by atoms with Crippen molar-refractivity contribution in [2.75, 3.05) is 5.32 Å². The Morgan fingerprint density at radius 1 is 1.17 bits per heavy atom. The molecule has 158 valence electrons. The van der Waals surface area contributed by atoms with E-state index in [1.54, 1.807) is 18.5 Å². The summed E-state index contributed by atoms with van der Waals surface area (Å²) in [6.07, 6.45) is 1.65. The van der Waals surface area contributed by atoms with E-state index in [2.05, 4.69) is 20.5 Å². The Labute approximate surface area is 170 Å². The zero-order valence-electron chi connectivity index (χ0n) is 16.2. The maximum absolute atomic E-state index is 12.9. The lowest BCUT2D eigenvalue weighted by Gasteiger charge is -2.34. The van der Waals surface area contributed by atoms with Gasteiger partial charge < -0.3 is 15.5 Å². The van der Waals surface area contributed by atoms with Crippen LogP contribution in [0.5, 0.6) is 5.75 Å². The average molecular weight is 418 g/mol. The highest BCUT2D eigenvalue weighted by molar-refractivity contribution is 6.00. The third kappa shape index (κ3) is 4.02. The fourth-order valence-electron chi connectivity index (χ4n) is 3.99. The number of phenols is 1. The summed E-state index contributed by atoms with van der Waals surface area (Å²) in [6, 6.07) is 4.46. The average Bonchev–Trinajstić information content (AvgIpc) is 2.67. The Balaban J connectivity index is 1.73. The fraction of sp³-hybridized carbons (Fsp3) is 0.381. The predicted octanol–water partition coefficient (Wildman–Crippen LogP) is 4.52. The van der Waals surface area contributed by atoms with Crippen molar-refractivity contribution in [3.8, 4) is 17.0 Å². The molecular formula is C21H21F3N4O2. The minimum atomic E-state index is -4.55. The van der Waals surface area contributed by atoms with Gasteiger partial charge in [0.1, 0.15) is 11.4 Å². The quantitative estimate of drug-likeness (QED) is 0.579. The van der Waals surface area contributed by atoms with E-state index in [1.807, 2.05) is 6.92 Å². The molecule has 1 fully saturated rings.